The van der Waals surface area contributed by atoms with Gasteiger partial charge in [-0.25, -0.2) is 9.78 Å². The molecule has 2 N–H and O–H groups in total. The molecule has 0 saturated carbocycles. The van der Waals surface area contributed by atoms with Gasteiger partial charge < -0.3 is 25.0 Å². The predicted octanol–water partition coefficient (Wildman–Crippen LogP) is 3.15. The van der Waals surface area contributed by atoms with E-state index in [2.05, 4.69) is 15.2 Å². The van der Waals surface area contributed by atoms with Crippen LogP contribution >= 0.6 is 0 Å². The van der Waals surface area contributed by atoms with Crippen molar-refractivity contribution < 1.29 is 14.6 Å². The monoisotopic (exact) mass is 410 g/mol. The van der Waals surface area contributed by atoms with Gasteiger partial charge in [0, 0.05) is 44.0 Å². The summed E-state index contributed by atoms with van der Waals surface area (Å²) < 4.78 is 5.76. The lowest BCUT2D eigenvalue weighted by molar-refractivity contribution is 0.0785. The number of para-hydroxylation sites is 1. The molecule has 0 radical (unpaired) electrons. The molecule has 2 aliphatic heterocycles. The van der Waals surface area contributed by atoms with E-state index in [1.807, 2.05) is 36.5 Å². The zero-order valence-corrected chi connectivity index (χ0v) is 17.2. The Bertz CT molecular complexity index is 818. The highest BCUT2D eigenvalue weighted by Crippen LogP contribution is 2.21. The van der Waals surface area contributed by atoms with Crippen LogP contribution in [0.3, 0.4) is 0 Å². The summed E-state index contributed by atoms with van der Waals surface area (Å²) in [5, 5.41) is 13.4. The Morgan fingerprint density at radius 2 is 1.97 bits per heavy atom. The van der Waals surface area contributed by atoms with Gasteiger partial charge in [-0.2, -0.15) is 0 Å². The first kappa shape index (κ1) is 20.5. The van der Waals surface area contributed by atoms with Crippen molar-refractivity contribution in [2.24, 2.45) is 0 Å². The molecule has 2 amide bonds. The second-order valence-corrected chi connectivity index (χ2v) is 8.04. The van der Waals surface area contributed by atoms with E-state index in [4.69, 9.17) is 4.74 Å². The Hall–Kier alpha value is -2.80. The van der Waals surface area contributed by atoms with Gasteiger partial charge in [0.1, 0.15) is 11.6 Å². The highest BCUT2D eigenvalue weighted by Gasteiger charge is 2.27. The first-order valence-electron chi connectivity index (χ1n) is 10.8. The van der Waals surface area contributed by atoms with E-state index < -0.39 is 0 Å². The van der Waals surface area contributed by atoms with E-state index in [9.17, 15) is 9.90 Å². The van der Waals surface area contributed by atoms with Crippen molar-refractivity contribution in [3.63, 3.8) is 0 Å². The molecule has 1 aromatic heterocycles. The van der Waals surface area contributed by atoms with E-state index >= 15 is 0 Å². The molecule has 7 heteroatoms. The number of hydrogen-bond acceptors (Lipinski definition) is 5. The van der Waals surface area contributed by atoms with Crippen LogP contribution in [0.25, 0.3) is 0 Å². The summed E-state index contributed by atoms with van der Waals surface area (Å²) in [6.07, 6.45) is 5.63. The maximum absolute atomic E-state index is 13.1. The summed E-state index contributed by atoms with van der Waals surface area (Å²) in [6.45, 7) is 3.39. The maximum Gasteiger partial charge on any atom is 0.318 e. The molecule has 30 heavy (non-hydrogen) atoms. The third kappa shape index (κ3) is 5.21. The van der Waals surface area contributed by atoms with Crippen molar-refractivity contribution in [2.45, 2.75) is 44.4 Å². The first-order valence-corrected chi connectivity index (χ1v) is 10.8. The summed E-state index contributed by atoms with van der Waals surface area (Å²) in [4.78, 5) is 21.6. The van der Waals surface area contributed by atoms with Crippen molar-refractivity contribution in [3.05, 3.63) is 54.2 Å². The van der Waals surface area contributed by atoms with Crippen LogP contribution in [-0.4, -0.2) is 59.4 Å². The van der Waals surface area contributed by atoms with Crippen molar-refractivity contribution in [3.8, 4) is 5.75 Å². The van der Waals surface area contributed by atoms with Crippen LogP contribution in [0, 0.1) is 0 Å². The number of hydrogen-bond donors (Lipinski definition) is 2. The summed E-state index contributed by atoms with van der Waals surface area (Å²) in [6, 6.07) is 13.2. The van der Waals surface area contributed by atoms with Gasteiger partial charge >= 0.3 is 6.03 Å². The zero-order chi connectivity index (χ0) is 20.8. The second-order valence-electron chi connectivity index (χ2n) is 8.04. The number of benzene rings is 1. The smallest absolute Gasteiger partial charge is 0.318 e. The quantitative estimate of drug-likeness (QED) is 0.765. The van der Waals surface area contributed by atoms with E-state index in [1.54, 1.807) is 17.0 Å². The number of aromatic hydroxyl groups is 1. The fourth-order valence-corrected chi connectivity index (χ4v) is 4.16. The third-order valence-corrected chi connectivity index (χ3v) is 5.88. The Morgan fingerprint density at radius 3 is 2.67 bits per heavy atom. The van der Waals surface area contributed by atoms with Crippen LogP contribution < -0.4 is 10.2 Å². The number of urea groups is 1. The zero-order valence-electron chi connectivity index (χ0n) is 17.2. The molecule has 160 valence electrons. The lowest BCUT2D eigenvalue weighted by atomic mass is 10.1. The molecule has 1 aromatic carbocycles. The van der Waals surface area contributed by atoms with Gasteiger partial charge in [-0.1, -0.05) is 24.3 Å². The number of rotatable bonds is 6. The van der Waals surface area contributed by atoms with Gasteiger partial charge in [0.2, 0.25) is 0 Å². The number of phenols is 1. The largest absolute Gasteiger partial charge is 0.508 e. The number of ether oxygens (including phenoxy) is 1. The summed E-state index contributed by atoms with van der Waals surface area (Å²) in [5.41, 5.74) is 0.746. The summed E-state index contributed by atoms with van der Waals surface area (Å²) in [5.74, 6) is 1.20. The Labute approximate surface area is 177 Å². The van der Waals surface area contributed by atoms with Gasteiger partial charge in [-0.05, 0) is 43.9 Å². The number of amides is 2. The van der Waals surface area contributed by atoms with E-state index in [-0.39, 0.29) is 23.9 Å². The van der Waals surface area contributed by atoms with Gasteiger partial charge in [0.15, 0.2) is 0 Å². The van der Waals surface area contributed by atoms with E-state index in [0.29, 0.717) is 13.1 Å². The highest BCUT2D eigenvalue weighted by atomic mass is 16.5. The van der Waals surface area contributed by atoms with Crippen LogP contribution in [0.15, 0.2) is 48.7 Å². The molecule has 0 spiro atoms. The number of phenolic OH excluding ortho intramolecular Hbond substituents is 1. The van der Waals surface area contributed by atoms with Gasteiger partial charge in [0.25, 0.3) is 0 Å². The SMILES string of the molecule is O=C(NC1CCN(c2ccccn2)CC1)N(Cc1ccccc1O)CC1CCCO1. The topological polar surface area (TPSA) is 77.9 Å². The number of aromatic nitrogens is 1. The maximum atomic E-state index is 13.1. The molecule has 1 unspecified atom stereocenters. The lowest BCUT2D eigenvalue weighted by Gasteiger charge is -2.35. The number of carbonyl (C=O) groups excluding carboxylic acids is 1. The molecule has 2 aliphatic rings. The molecule has 0 aliphatic carbocycles. The minimum Gasteiger partial charge on any atom is -0.508 e. The first-order chi connectivity index (χ1) is 14.7. The number of anilines is 1. The highest BCUT2D eigenvalue weighted by molar-refractivity contribution is 5.74. The molecule has 7 nitrogen and oxygen atoms in total. The van der Waals surface area contributed by atoms with E-state index in [0.717, 1.165) is 56.8 Å². The fraction of sp³-hybridized carbons (Fsp3) is 0.478. The van der Waals surface area contributed by atoms with Crippen LogP contribution in [-0.2, 0) is 11.3 Å². The Morgan fingerprint density at radius 1 is 1.17 bits per heavy atom. The van der Waals surface area contributed by atoms with Crippen LogP contribution in [0.1, 0.15) is 31.2 Å². The number of carbonyl (C=O) groups is 1. The van der Waals surface area contributed by atoms with Gasteiger partial charge in [-0.3, -0.25) is 0 Å². The van der Waals surface area contributed by atoms with Crippen molar-refractivity contribution in [1.82, 2.24) is 15.2 Å². The van der Waals surface area contributed by atoms with Crippen molar-refractivity contribution >= 4 is 11.8 Å². The molecule has 0 bridgehead atoms. The summed E-state index contributed by atoms with van der Waals surface area (Å²) in [7, 11) is 0. The fourth-order valence-electron chi connectivity index (χ4n) is 4.16. The molecule has 2 aromatic rings. The predicted molar refractivity (Wildman–Crippen MR) is 115 cm³/mol. The Balaban J connectivity index is 1.36. The molecule has 3 heterocycles. The summed E-state index contributed by atoms with van der Waals surface area (Å²) >= 11 is 0. The lowest BCUT2D eigenvalue weighted by Crippen LogP contribution is -2.50. The van der Waals surface area contributed by atoms with Crippen molar-refractivity contribution in [2.75, 3.05) is 31.1 Å². The van der Waals surface area contributed by atoms with Gasteiger partial charge in [0.05, 0.1) is 12.6 Å². The number of nitrogens with one attached hydrogen (secondary N) is 1. The minimum absolute atomic E-state index is 0.0626. The second kappa shape index (κ2) is 9.80. The molecular formula is C23H30N4O3. The van der Waals surface area contributed by atoms with Crippen LogP contribution in [0.2, 0.25) is 0 Å². The minimum atomic E-state index is -0.0926. The van der Waals surface area contributed by atoms with Crippen LogP contribution in [0.4, 0.5) is 10.6 Å². The van der Waals surface area contributed by atoms with Gasteiger partial charge in [-0.15, -0.1) is 0 Å². The molecule has 4 rings (SSSR count). The third-order valence-electron chi connectivity index (χ3n) is 5.88. The molecule has 2 fully saturated rings. The number of pyridine rings is 1. The molecule has 2 saturated heterocycles. The number of piperidine rings is 1. The van der Waals surface area contributed by atoms with Crippen LogP contribution in [0.5, 0.6) is 5.75 Å². The molecule has 1 atom stereocenters. The number of nitrogens with zero attached hydrogens (tertiary/aromatic N) is 3. The average molecular weight is 411 g/mol. The Kier molecular flexibility index (Phi) is 6.69. The van der Waals surface area contributed by atoms with E-state index in [1.165, 1.54) is 0 Å². The normalized spacial score (nSPS) is 19.6. The average Bonchev–Trinajstić information content (AvgIpc) is 3.29. The molecular weight excluding hydrogens is 380 g/mol. The standard InChI is InChI=1S/C23H30N4O3/c28-21-8-2-1-6-18(21)16-27(17-20-7-5-15-30-20)23(29)25-19-10-13-26(14-11-19)22-9-3-4-12-24-22/h1-4,6,8-9,12,19-20,28H,5,7,10-11,13-17H2,(H,25,29). The van der Waals surface area contributed by atoms with Crippen molar-refractivity contribution in [1.29, 1.82) is 0 Å².